The first kappa shape index (κ1) is 24.4. The average Bonchev–Trinajstić information content (AvgIpc) is 3.48. The van der Waals surface area contributed by atoms with E-state index in [0.29, 0.717) is 12.8 Å². The largest absolute Gasteiger partial charge is 0.480 e. The lowest BCUT2D eigenvalue weighted by Gasteiger charge is -2.21. The minimum atomic E-state index is -1.15. The monoisotopic (exact) mass is 493 g/mol. The number of carbonyl (C=O) groups is 3. The van der Waals surface area contributed by atoms with Gasteiger partial charge in [0, 0.05) is 23.4 Å². The second-order valence-electron chi connectivity index (χ2n) is 8.38. The number of aliphatic carboxylic acids is 1. The number of nitrogens with one attached hydrogen (secondary N) is 2. The van der Waals surface area contributed by atoms with Gasteiger partial charge in [0.2, 0.25) is 5.91 Å². The van der Waals surface area contributed by atoms with Crippen molar-refractivity contribution in [3.63, 3.8) is 0 Å². The Balaban J connectivity index is 1.38. The number of hydrogen-bond donors (Lipinski definition) is 3. The molecule has 2 atom stereocenters. The van der Waals surface area contributed by atoms with Crippen LogP contribution < -0.4 is 10.6 Å². The number of alkyl carbamates (subject to hydrolysis) is 1. The summed E-state index contributed by atoms with van der Waals surface area (Å²) in [5, 5.41) is 14.7. The Hall–Kier alpha value is -3.72. The number of carboxylic acids is 1. The van der Waals surface area contributed by atoms with Gasteiger partial charge in [-0.15, -0.1) is 11.3 Å². The van der Waals surface area contributed by atoms with Gasteiger partial charge in [0.05, 0.1) is 5.51 Å². The first-order chi connectivity index (χ1) is 17.0. The number of aromatic nitrogens is 1. The molecule has 3 aromatic rings. The second kappa shape index (κ2) is 11.1. The summed E-state index contributed by atoms with van der Waals surface area (Å²) >= 11 is 1.32. The predicted molar refractivity (Wildman–Crippen MR) is 132 cm³/mol. The summed E-state index contributed by atoms with van der Waals surface area (Å²) in [5.74, 6) is -1.80. The van der Waals surface area contributed by atoms with Crippen LogP contribution in [0.1, 0.15) is 41.7 Å². The summed E-state index contributed by atoms with van der Waals surface area (Å²) in [6.07, 6.45) is 1.95. The molecule has 35 heavy (non-hydrogen) atoms. The van der Waals surface area contributed by atoms with Gasteiger partial charge in [0.15, 0.2) is 0 Å². The molecule has 0 spiro atoms. The van der Waals surface area contributed by atoms with E-state index in [-0.39, 0.29) is 18.9 Å². The lowest BCUT2D eigenvalue weighted by atomic mass is 9.98. The molecule has 2 amide bonds. The molecule has 182 valence electrons. The van der Waals surface area contributed by atoms with Crippen LogP contribution in [0.3, 0.4) is 0 Å². The molecule has 0 saturated heterocycles. The van der Waals surface area contributed by atoms with Crippen molar-refractivity contribution in [3.05, 3.63) is 76.2 Å². The van der Waals surface area contributed by atoms with Crippen molar-refractivity contribution in [2.75, 3.05) is 6.61 Å². The van der Waals surface area contributed by atoms with Crippen LogP contribution in [0.4, 0.5) is 4.79 Å². The van der Waals surface area contributed by atoms with E-state index >= 15 is 0 Å². The molecule has 0 saturated carbocycles. The van der Waals surface area contributed by atoms with Crippen LogP contribution in [0.15, 0.2) is 60.2 Å². The second-order valence-corrected chi connectivity index (χ2v) is 9.35. The molecule has 9 heteroatoms. The third-order valence-electron chi connectivity index (χ3n) is 6.03. The smallest absolute Gasteiger partial charge is 0.407 e. The molecule has 0 fully saturated rings. The van der Waals surface area contributed by atoms with Crippen LogP contribution in [-0.2, 0) is 20.7 Å². The van der Waals surface area contributed by atoms with E-state index in [2.05, 4.69) is 27.8 Å². The Morgan fingerprint density at radius 1 is 1.03 bits per heavy atom. The first-order valence-electron chi connectivity index (χ1n) is 11.5. The van der Waals surface area contributed by atoms with E-state index in [9.17, 15) is 19.5 Å². The Kier molecular flexibility index (Phi) is 7.77. The summed E-state index contributed by atoms with van der Waals surface area (Å²) in [7, 11) is 0. The molecular weight excluding hydrogens is 466 g/mol. The van der Waals surface area contributed by atoms with E-state index in [1.54, 1.807) is 11.7 Å². The fraction of sp³-hybridized carbons (Fsp3) is 0.308. The highest BCUT2D eigenvalue weighted by Gasteiger charge is 2.30. The van der Waals surface area contributed by atoms with Gasteiger partial charge in [-0.05, 0) is 28.7 Å². The van der Waals surface area contributed by atoms with Gasteiger partial charge in [-0.2, -0.15) is 0 Å². The number of hydrogen-bond acceptors (Lipinski definition) is 6. The molecule has 1 aliphatic rings. The molecule has 1 aromatic heterocycles. The number of fused-ring (bicyclic) bond motifs is 3. The number of carbonyl (C=O) groups excluding carboxylic acids is 2. The van der Waals surface area contributed by atoms with Crippen LogP contribution >= 0.6 is 11.3 Å². The number of amides is 2. The maximum absolute atomic E-state index is 12.8. The van der Waals surface area contributed by atoms with Crippen molar-refractivity contribution in [3.8, 4) is 11.1 Å². The Morgan fingerprint density at radius 3 is 2.26 bits per heavy atom. The molecule has 3 N–H and O–H groups in total. The fourth-order valence-electron chi connectivity index (χ4n) is 4.36. The van der Waals surface area contributed by atoms with Gasteiger partial charge in [-0.25, -0.2) is 9.59 Å². The van der Waals surface area contributed by atoms with Gasteiger partial charge < -0.3 is 20.5 Å². The van der Waals surface area contributed by atoms with Gasteiger partial charge in [-0.3, -0.25) is 9.78 Å². The Labute approximate surface area is 207 Å². The van der Waals surface area contributed by atoms with Crippen LogP contribution in [0.5, 0.6) is 0 Å². The average molecular weight is 494 g/mol. The van der Waals surface area contributed by atoms with Gasteiger partial charge in [0.1, 0.15) is 18.7 Å². The normalized spacial score (nSPS) is 13.9. The van der Waals surface area contributed by atoms with E-state index in [0.717, 1.165) is 27.1 Å². The molecule has 0 aliphatic heterocycles. The maximum Gasteiger partial charge on any atom is 0.407 e. The van der Waals surface area contributed by atoms with Crippen LogP contribution in [-0.4, -0.2) is 46.8 Å². The van der Waals surface area contributed by atoms with Crippen molar-refractivity contribution in [2.24, 2.45) is 0 Å². The summed E-state index contributed by atoms with van der Waals surface area (Å²) < 4.78 is 5.55. The molecule has 1 aliphatic carbocycles. The number of rotatable bonds is 10. The highest BCUT2D eigenvalue weighted by Crippen LogP contribution is 2.44. The Bertz CT molecular complexity index is 1150. The minimum absolute atomic E-state index is 0.0950. The molecule has 1 unspecified atom stereocenters. The molecule has 0 radical (unpaired) electrons. The van der Waals surface area contributed by atoms with Crippen molar-refractivity contribution in [2.45, 2.75) is 44.2 Å². The van der Waals surface area contributed by atoms with Crippen LogP contribution in [0, 0.1) is 0 Å². The van der Waals surface area contributed by atoms with E-state index in [1.165, 1.54) is 11.3 Å². The zero-order valence-electron chi connectivity index (χ0n) is 19.3. The predicted octanol–water partition coefficient (Wildman–Crippen LogP) is 3.96. The summed E-state index contributed by atoms with van der Waals surface area (Å²) in [5.41, 5.74) is 6.05. The highest BCUT2D eigenvalue weighted by atomic mass is 32.1. The maximum atomic E-state index is 12.8. The highest BCUT2D eigenvalue weighted by molar-refractivity contribution is 7.09. The quantitative estimate of drug-likeness (QED) is 0.394. The van der Waals surface area contributed by atoms with Crippen LogP contribution in [0.2, 0.25) is 0 Å². The first-order valence-corrected chi connectivity index (χ1v) is 12.4. The number of ether oxygens (including phenoxy) is 1. The zero-order valence-corrected chi connectivity index (χ0v) is 20.1. The lowest BCUT2D eigenvalue weighted by molar-refractivity contribution is -0.142. The van der Waals surface area contributed by atoms with Crippen LogP contribution in [0.25, 0.3) is 11.1 Å². The fourth-order valence-corrected chi connectivity index (χ4v) is 5.00. The summed E-state index contributed by atoms with van der Waals surface area (Å²) in [6, 6.07) is 14.0. The van der Waals surface area contributed by atoms with E-state index in [1.807, 2.05) is 43.3 Å². The number of nitrogens with zero attached hydrogens (tertiary/aromatic N) is 1. The Morgan fingerprint density at radius 2 is 1.69 bits per heavy atom. The van der Waals surface area contributed by atoms with Crippen molar-refractivity contribution in [1.82, 2.24) is 15.6 Å². The van der Waals surface area contributed by atoms with Gasteiger partial charge >= 0.3 is 12.1 Å². The lowest BCUT2D eigenvalue weighted by Crippen LogP contribution is -2.52. The number of benzene rings is 2. The van der Waals surface area contributed by atoms with Gasteiger partial charge in [0.25, 0.3) is 0 Å². The zero-order chi connectivity index (χ0) is 24.8. The third kappa shape index (κ3) is 5.68. The molecule has 1 heterocycles. The van der Waals surface area contributed by atoms with Crippen molar-refractivity contribution < 1.29 is 24.2 Å². The van der Waals surface area contributed by atoms with Crippen molar-refractivity contribution in [1.29, 1.82) is 0 Å². The minimum Gasteiger partial charge on any atom is -0.480 e. The standard InChI is InChI=1S/C26H27N3O5S/c1-2-7-22(24(30)28-23(25(31)32)12-16-13-27-15-35-16)29-26(33)34-14-21-19-10-5-3-8-17(19)18-9-4-6-11-20(18)21/h3-6,8-11,13,15,21-23H,2,7,12,14H2,1H3,(H,28,30)(H,29,33)(H,31,32)/t22-,23?/m1/s1. The summed E-state index contributed by atoms with van der Waals surface area (Å²) in [4.78, 5) is 41.9. The topological polar surface area (TPSA) is 118 Å². The molecular formula is C26H27N3O5S. The molecule has 4 rings (SSSR count). The van der Waals surface area contributed by atoms with E-state index in [4.69, 9.17) is 4.74 Å². The molecule has 8 nitrogen and oxygen atoms in total. The summed E-state index contributed by atoms with van der Waals surface area (Å²) in [6.45, 7) is 2.01. The van der Waals surface area contributed by atoms with Gasteiger partial charge in [-0.1, -0.05) is 61.9 Å². The number of carboxylic acid groups (broad SMARTS) is 1. The SMILES string of the molecule is CCC[C@@H](NC(=O)OCC1c2ccccc2-c2ccccc21)C(=O)NC(Cc1cncs1)C(=O)O. The molecule has 0 bridgehead atoms. The molecule has 2 aromatic carbocycles. The van der Waals surface area contributed by atoms with E-state index < -0.39 is 30.1 Å². The third-order valence-corrected chi connectivity index (χ3v) is 6.83. The number of thiazole rings is 1. The van der Waals surface area contributed by atoms with Crippen molar-refractivity contribution >= 4 is 29.3 Å².